The van der Waals surface area contributed by atoms with Crippen molar-refractivity contribution in [3.8, 4) is 23.1 Å². The number of carbonyl (C=O) groups is 4. The average Bonchev–Trinajstić information content (AvgIpc) is 3.74. The molecule has 5 aliphatic rings. The molecule has 5 heterocycles. The van der Waals surface area contributed by atoms with Crippen molar-refractivity contribution in [1.29, 1.82) is 0 Å². The van der Waals surface area contributed by atoms with E-state index >= 15 is 0 Å². The second-order valence-corrected chi connectivity index (χ2v) is 16.1. The first-order chi connectivity index (χ1) is 27.0. The number of hydrogen-bond acceptors (Lipinski definition) is 9. The highest BCUT2D eigenvalue weighted by Crippen LogP contribution is 2.62. The predicted octanol–water partition coefficient (Wildman–Crippen LogP) is 4.10. The molecule has 1 unspecified atom stereocenters. The van der Waals surface area contributed by atoms with Gasteiger partial charge in [0.05, 0.1) is 54.9 Å². The maximum atomic E-state index is 13.8. The van der Waals surface area contributed by atoms with Crippen molar-refractivity contribution in [3.63, 3.8) is 0 Å². The first-order valence-electron chi connectivity index (χ1n) is 19.3. The topological polar surface area (TPSA) is 187 Å². The number of carbonyl (C=O) groups excluding carboxylic acids is 4. The number of hydrogen-bond donors (Lipinski definition) is 5. The molecule has 56 heavy (non-hydrogen) atoms. The maximum Gasteiger partial charge on any atom is 0.407 e. The summed E-state index contributed by atoms with van der Waals surface area (Å²) in [5.74, 6) is 8.42. The Morgan fingerprint density at radius 1 is 0.946 bits per heavy atom. The predicted molar refractivity (Wildman–Crippen MR) is 203 cm³/mol. The third-order valence-electron chi connectivity index (χ3n) is 12.3. The second-order valence-electron chi connectivity index (χ2n) is 16.1. The zero-order valence-corrected chi connectivity index (χ0v) is 31.9. The molecule has 2 saturated carbocycles. The number of rotatable bonds is 7. The first-order valence-corrected chi connectivity index (χ1v) is 19.3. The molecule has 4 amide bonds. The zero-order valence-electron chi connectivity index (χ0n) is 31.9. The third kappa shape index (κ3) is 6.03. The van der Waals surface area contributed by atoms with Crippen molar-refractivity contribution < 1.29 is 28.7 Å². The Kier molecular flexibility index (Phi) is 8.57. The number of fused-ring (bicyclic) bond motifs is 2. The number of nitrogens with one attached hydrogen (secondary N) is 5. The van der Waals surface area contributed by atoms with Crippen LogP contribution in [0.3, 0.4) is 0 Å². The Morgan fingerprint density at radius 2 is 1.70 bits per heavy atom. The Bertz CT molecular complexity index is 2310. The molecule has 0 bridgehead atoms. The number of ether oxygens (including phenoxy) is 2. The minimum Gasteiger partial charge on any atom is -0.453 e. The van der Waals surface area contributed by atoms with E-state index in [-0.39, 0.29) is 41.9 Å². The molecule has 2 aromatic carbocycles. The monoisotopic (exact) mass is 759 g/mol. The fraction of sp³-hybridized carbons (Fsp3) is 0.463. The summed E-state index contributed by atoms with van der Waals surface area (Å²) in [6.45, 7) is 5.74. The molecule has 0 radical (unpaired) electrons. The lowest BCUT2D eigenvalue weighted by molar-refractivity contribution is -0.144. The minimum atomic E-state index is -0.736. The van der Waals surface area contributed by atoms with Crippen LogP contribution in [0, 0.1) is 29.6 Å². The molecule has 2 aliphatic carbocycles. The van der Waals surface area contributed by atoms with Crippen molar-refractivity contribution in [3.05, 3.63) is 71.4 Å². The molecule has 3 aliphatic heterocycles. The number of piperidine rings is 2. The first kappa shape index (κ1) is 35.8. The van der Waals surface area contributed by atoms with Crippen LogP contribution in [0.1, 0.15) is 81.3 Å². The summed E-state index contributed by atoms with van der Waals surface area (Å²) in [6, 6.07) is 11.9. The largest absolute Gasteiger partial charge is 0.453 e. The number of alkyl carbamates (subject to hydrolysis) is 2. The molecule has 9 rings (SSSR count). The molecule has 15 heteroatoms. The maximum absolute atomic E-state index is 13.8. The van der Waals surface area contributed by atoms with Crippen LogP contribution < -0.4 is 16.0 Å². The SMILES string of the molecule is COC(=O)N[C@H](C(=O)N1[C@@H]2C[C@@H]2C[C@H]1c1ncc(-c2ccc(C#Cc3ccc4nc([C@@H]5C[C@H]6C[C@]67NC(C)[C@H](NC(=O)OC)C(=O)N57)[nH]c4c3)cc2)[nH]1)C(C)C. The van der Waals surface area contributed by atoms with Crippen LogP contribution in [0.25, 0.3) is 22.3 Å². The average molecular weight is 760 g/mol. The van der Waals surface area contributed by atoms with Crippen LogP contribution in [-0.4, -0.2) is 97.8 Å². The van der Waals surface area contributed by atoms with Gasteiger partial charge in [-0.1, -0.05) is 37.8 Å². The number of benzene rings is 2. The zero-order chi connectivity index (χ0) is 39.0. The van der Waals surface area contributed by atoms with E-state index in [4.69, 9.17) is 19.4 Å². The van der Waals surface area contributed by atoms with E-state index in [0.29, 0.717) is 11.8 Å². The number of amides is 4. The fourth-order valence-corrected chi connectivity index (χ4v) is 9.26. The molecule has 4 aromatic rings. The summed E-state index contributed by atoms with van der Waals surface area (Å²) in [7, 11) is 2.58. The van der Waals surface area contributed by atoms with E-state index in [1.54, 1.807) is 6.20 Å². The quantitative estimate of drug-likeness (QED) is 0.173. The molecular weight excluding hydrogens is 715 g/mol. The lowest BCUT2D eigenvalue weighted by Crippen LogP contribution is -2.69. The summed E-state index contributed by atoms with van der Waals surface area (Å²) >= 11 is 0. The van der Waals surface area contributed by atoms with Gasteiger partial charge in [0.15, 0.2) is 0 Å². The Hall–Kier alpha value is -5.88. The van der Waals surface area contributed by atoms with Gasteiger partial charge in [0, 0.05) is 29.1 Å². The van der Waals surface area contributed by atoms with Crippen LogP contribution in [-0.2, 0) is 19.1 Å². The number of likely N-dealkylation sites (tertiary alicyclic amines) is 1. The molecule has 3 saturated heterocycles. The van der Waals surface area contributed by atoms with E-state index in [1.165, 1.54) is 14.2 Å². The molecule has 5 fully saturated rings. The van der Waals surface area contributed by atoms with Gasteiger partial charge in [-0.15, -0.1) is 0 Å². The molecule has 1 spiro atoms. The molecule has 2 aromatic heterocycles. The van der Waals surface area contributed by atoms with Crippen molar-refractivity contribution in [2.75, 3.05) is 14.2 Å². The van der Waals surface area contributed by atoms with Gasteiger partial charge < -0.3 is 39.9 Å². The van der Waals surface area contributed by atoms with Crippen LogP contribution in [0.5, 0.6) is 0 Å². The van der Waals surface area contributed by atoms with Crippen molar-refractivity contribution in [1.82, 2.24) is 45.7 Å². The summed E-state index contributed by atoms with van der Waals surface area (Å²) in [6.07, 6.45) is 4.02. The van der Waals surface area contributed by atoms with Gasteiger partial charge in [-0.25, -0.2) is 19.6 Å². The number of H-pyrrole nitrogens is 2. The summed E-state index contributed by atoms with van der Waals surface area (Å²) in [5, 5.41) is 9.03. The van der Waals surface area contributed by atoms with E-state index in [0.717, 1.165) is 70.7 Å². The van der Waals surface area contributed by atoms with Gasteiger partial charge in [0.25, 0.3) is 0 Å². The molecule has 5 N–H and O–H groups in total. The van der Waals surface area contributed by atoms with E-state index in [9.17, 15) is 19.2 Å². The highest BCUT2D eigenvalue weighted by atomic mass is 16.5. The molecule has 9 atom stereocenters. The van der Waals surface area contributed by atoms with Crippen LogP contribution >= 0.6 is 0 Å². The second kappa shape index (κ2) is 13.4. The van der Waals surface area contributed by atoms with Crippen LogP contribution in [0.15, 0.2) is 48.7 Å². The minimum absolute atomic E-state index is 0.103. The van der Waals surface area contributed by atoms with Crippen LogP contribution in [0.2, 0.25) is 0 Å². The van der Waals surface area contributed by atoms with E-state index in [2.05, 4.69) is 37.8 Å². The lowest BCUT2D eigenvalue weighted by atomic mass is 10.0. The summed E-state index contributed by atoms with van der Waals surface area (Å²) in [5.41, 5.74) is 4.69. The van der Waals surface area contributed by atoms with Crippen LogP contribution in [0.4, 0.5) is 9.59 Å². The van der Waals surface area contributed by atoms with E-state index in [1.807, 2.05) is 73.0 Å². The van der Waals surface area contributed by atoms with E-state index < -0.39 is 29.9 Å². The van der Waals surface area contributed by atoms with Gasteiger partial charge in [-0.2, -0.15) is 0 Å². The standard InChI is InChI=1S/C41H45N9O6/c1-20(2)33(46-39(53)55-4)37(51)49-30-15-25(30)16-31(49)35-42-19-29(45-35)24-11-8-22(9-12-24)6-7-23-10-13-27-28(14-23)44-36(43-27)32-17-26-18-41(26)48-21(3)34(38(52)50(32)41)47-40(54)56-5/h8-14,19-21,25-26,30-34,48H,15-18H2,1-5H3,(H,42,45)(H,43,44)(H,46,53)(H,47,54)/t21?,25-,26+,30-,31+,32+,33+,34+,41-/m1/s1. The highest BCUT2D eigenvalue weighted by molar-refractivity contribution is 5.89. The number of aromatic amines is 2. The molecular formula is C41H45N9O6. The van der Waals surface area contributed by atoms with Crippen molar-refractivity contribution in [2.24, 2.45) is 17.8 Å². The van der Waals surface area contributed by atoms with Gasteiger partial charge in [-0.3, -0.25) is 14.9 Å². The number of methoxy groups -OCH3 is 2. The normalized spacial score (nSPS) is 28.8. The number of aromatic nitrogens is 4. The molecule has 290 valence electrons. The summed E-state index contributed by atoms with van der Waals surface area (Å²) in [4.78, 5) is 71.9. The highest BCUT2D eigenvalue weighted by Gasteiger charge is 2.71. The Labute approximate surface area is 323 Å². The smallest absolute Gasteiger partial charge is 0.407 e. The third-order valence-corrected chi connectivity index (χ3v) is 12.3. The number of imidazole rings is 2. The van der Waals surface area contributed by atoms with Crippen molar-refractivity contribution >= 4 is 35.0 Å². The van der Waals surface area contributed by atoms with Gasteiger partial charge in [0.2, 0.25) is 11.8 Å². The molecule has 15 nitrogen and oxygen atoms in total. The Morgan fingerprint density at radius 3 is 2.45 bits per heavy atom. The van der Waals surface area contributed by atoms with Gasteiger partial charge in [0.1, 0.15) is 23.7 Å². The van der Waals surface area contributed by atoms with Gasteiger partial charge in [-0.05, 0) is 80.3 Å². The summed E-state index contributed by atoms with van der Waals surface area (Å²) < 4.78 is 9.56. The fourth-order valence-electron chi connectivity index (χ4n) is 9.26. The Balaban J connectivity index is 0.880. The number of nitrogens with zero attached hydrogens (tertiary/aromatic N) is 4. The lowest BCUT2D eigenvalue weighted by Gasteiger charge is -2.44. The van der Waals surface area contributed by atoms with Crippen molar-refractivity contribution in [2.45, 2.75) is 88.4 Å². The van der Waals surface area contributed by atoms with Gasteiger partial charge >= 0.3 is 12.2 Å².